The third kappa shape index (κ3) is 5.64. The number of guanidine groups is 1. The van der Waals surface area contributed by atoms with E-state index in [1.54, 1.807) is 14.2 Å². The number of ether oxygens (including phenoxy) is 4. The van der Waals surface area contributed by atoms with Crippen LogP contribution in [0.4, 0.5) is 0 Å². The second-order valence-corrected chi connectivity index (χ2v) is 6.73. The highest BCUT2D eigenvalue weighted by atomic mass is 127. The highest BCUT2D eigenvalue weighted by Gasteiger charge is 2.32. The maximum atomic E-state index is 5.96. The van der Waals surface area contributed by atoms with Crippen LogP contribution in [0.3, 0.4) is 0 Å². The van der Waals surface area contributed by atoms with E-state index >= 15 is 0 Å². The van der Waals surface area contributed by atoms with Crippen molar-refractivity contribution in [3.63, 3.8) is 0 Å². The van der Waals surface area contributed by atoms with Gasteiger partial charge in [0, 0.05) is 31.8 Å². The first-order chi connectivity index (χ1) is 13.3. The van der Waals surface area contributed by atoms with Crippen LogP contribution in [0.25, 0.3) is 0 Å². The third-order valence-electron chi connectivity index (χ3n) is 4.99. The molecule has 7 nitrogen and oxygen atoms in total. The number of morpholine rings is 1. The predicted molar refractivity (Wildman–Crippen MR) is 120 cm³/mol. The minimum Gasteiger partial charge on any atom is -0.493 e. The summed E-state index contributed by atoms with van der Waals surface area (Å²) in [5.74, 6) is 2.35. The van der Waals surface area contributed by atoms with E-state index < -0.39 is 0 Å². The Balaban J connectivity index is 0.00000280. The van der Waals surface area contributed by atoms with E-state index in [9.17, 15) is 0 Å². The molecule has 2 heterocycles. The van der Waals surface area contributed by atoms with Crippen LogP contribution >= 0.6 is 24.0 Å². The number of halogens is 1. The molecule has 0 saturated carbocycles. The molecule has 2 saturated heterocycles. The van der Waals surface area contributed by atoms with Crippen LogP contribution in [0, 0.1) is 0 Å². The van der Waals surface area contributed by atoms with E-state index in [1.165, 1.54) is 0 Å². The lowest BCUT2D eigenvalue weighted by Gasteiger charge is -2.37. The summed E-state index contributed by atoms with van der Waals surface area (Å²) in [6.45, 7) is 6.57. The molecule has 2 unspecified atom stereocenters. The Morgan fingerprint density at radius 3 is 2.71 bits per heavy atom. The minimum atomic E-state index is 0. The molecule has 2 aliphatic rings. The van der Waals surface area contributed by atoms with Crippen molar-refractivity contribution in [2.45, 2.75) is 38.5 Å². The number of benzene rings is 1. The van der Waals surface area contributed by atoms with Crippen molar-refractivity contribution in [1.82, 2.24) is 10.2 Å². The molecule has 158 valence electrons. The largest absolute Gasteiger partial charge is 0.493 e. The Kier molecular flexibility index (Phi) is 9.60. The molecule has 1 aromatic rings. The summed E-state index contributed by atoms with van der Waals surface area (Å²) in [6, 6.07) is 5.87. The van der Waals surface area contributed by atoms with E-state index in [0.29, 0.717) is 13.2 Å². The normalized spacial score (nSPS) is 22.5. The number of aliphatic imine (C=N–C) groups is 1. The molecule has 2 aliphatic heterocycles. The van der Waals surface area contributed by atoms with Gasteiger partial charge in [0.1, 0.15) is 6.10 Å². The van der Waals surface area contributed by atoms with Gasteiger partial charge in [-0.05, 0) is 25.8 Å². The van der Waals surface area contributed by atoms with Gasteiger partial charge in [0.2, 0.25) is 0 Å². The first-order valence-electron chi connectivity index (χ1n) is 9.73. The second-order valence-electron chi connectivity index (χ2n) is 6.73. The molecular formula is C20H32IN3O4. The molecule has 0 amide bonds. The lowest BCUT2D eigenvalue weighted by Crippen LogP contribution is -2.53. The molecule has 3 rings (SSSR count). The summed E-state index contributed by atoms with van der Waals surface area (Å²) in [7, 11) is 3.30. The standard InChI is InChI=1S/C20H31N3O4.HI/c1-4-21-20(22-13-15-7-5-8-17(24-2)19(15)25-3)23-10-12-27-18(14-23)16-9-6-11-26-16;/h5,7-8,16,18H,4,6,9-14H2,1-3H3,(H,21,22);1H. The van der Waals surface area contributed by atoms with Crippen LogP contribution in [0.5, 0.6) is 11.5 Å². The molecule has 28 heavy (non-hydrogen) atoms. The predicted octanol–water partition coefficient (Wildman–Crippen LogP) is 2.67. The van der Waals surface area contributed by atoms with Gasteiger partial charge in [0.25, 0.3) is 0 Å². The van der Waals surface area contributed by atoms with E-state index in [-0.39, 0.29) is 36.2 Å². The molecular weight excluding hydrogens is 473 g/mol. The summed E-state index contributed by atoms with van der Waals surface area (Å²) in [5.41, 5.74) is 0.996. The third-order valence-corrected chi connectivity index (χ3v) is 4.99. The van der Waals surface area contributed by atoms with Gasteiger partial charge in [-0.15, -0.1) is 24.0 Å². The quantitative estimate of drug-likeness (QED) is 0.365. The molecule has 1 N–H and O–H groups in total. The van der Waals surface area contributed by atoms with E-state index in [2.05, 4.69) is 17.1 Å². The topological polar surface area (TPSA) is 64.6 Å². The fourth-order valence-electron chi connectivity index (χ4n) is 3.65. The Bertz CT molecular complexity index is 638. The van der Waals surface area contributed by atoms with Crippen molar-refractivity contribution in [3.05, 3.63) is 23.8 Å². The zero-order valence-electron chi connectivity index (χ0n) is 17.0. The van der Waals surface area contributed by atoms with E-state index in [4.69, 9.17) is 23.9 Å². The molecule has 0 spiro atoms. The number of hydrogen-bond donors (Lipinski definition) is 1. The van der Waals surface area contributed by atoms with Gasteiger partial charge in [0.15, 0.2) is 17.5 Å². The molecule has 0 aliphatic carbocycles. The first-order valence-corrected chi connectivity index (χ1v) is 9.73. The van der Waals surface area contributed by atoms with E-state index in [1.807, 2.05) is 18.2 Å². The van der Waals surface area contributed by atoms with Crippen molar-refractivity contribution in [3.8, 4) is 11.5 Å². The summed E-state index contributed by atoms with van der Waals surface area (Å²) in [6.07, 6.45) is 2.51. The van der Waals surface area contributed by atoms with Gasteiger partial charge in [-0.25, -0.2) is 4.99 Å². The van der Waals surface area contributed by atoms with Crippen molar-refractivity contribution in [2.75, 3.05) is 47.1 Å². The van der Waals surface area contributed by atoms with Crippen LogP contribution in [-0.2, 0) is 16.0 Å². The zero-order valence-corrected chi connectivity index (χ0v) is 19.3. The molecule has 2 atom stereocenters. The highest BCUT2D eigenvalue weighted by Crippen LogP contribution is 2.31. The molecule has 1 aromatic carbocycles. The van der Waals surface area contributed by atoms with Gasteiger partial charge in [-0.3, -0.25) is 0 Å². The molecule has 0 aromatic heterocycles. The summed E-state index contributed by atoms with van der Waals surface area (Å²) in [5, 5.41) is 3.41. The first kappa shape index (κ1) is 23.0. The minimum absolute atomic E-state index is 0. The average molecular weight is 505 g/mol. The van der Waals surface area contributed by atoms with Crippen LogP contribution in [0.1, 0.15) is 25.3 Å². The number of rotatable bonds is 6. The van der Waals surface area contributed by atoms with Crippen LogP contribution in [0.15, 0.2) is 23.2 Å². The monoisotopic (exact) mass is 505 g/mol. The lowest BCUT2D eigenvalue weighted by molar-refractivity contribution is -0.0817. The maximum Gasteiger partial charge on any atom is 0.194 e. The number of hydrogen-bond acceptors (Lipinski definition) is 5. The maximum absolute atomic E-state index is 5.96. The van der Waals surface area contributed by atoms with Crippen molar-refractivity contribution < 1.29 is 18.9 Å². The van der Waals surface area contributed by atoms with Crippen molar-refractivity contribution >= 4 is 29.9 Å². The van der Waals surface area contributed by atoms with Gasteiger partial charge >= 0.3 is 0 Å². The van der Waals surface area contributed by atoms with Crippen molar-refractivity contribution in [2.24, 2.45) is 4.99 Å². The number of para-hydroxylation sites is 1. The summed E-state index contributed by atoms with van der Waals surface area (Å²) < 4.78 is 22.7. The van der Waals surface area contributed by atoms with Gasteiger partial charge < -0.3 is 29.2 Å². The molecule has 0 radical (unpaired) electrons. The average Bonchev–Trinajstić information content (AvgIpc) is 3.25. The fraction of sp³-hybridized carbons (Fsp3) is 0.650. The Morgan fingerprint density at radius 1 is 1.21 bits per heavy atom. The zero-order chi connectivity index (χ0) is 19.1. The van der Waals surface area contributed by atoms with Crippen LogP contribution in [0.2, 0.25) is 0 Å². The SMILES string of the molecule is CCNC(=NCc1cccc(OC)c1OC)N1CCOC(C2CCCO2)C1.I. The van der Waals surface area contributed by atoms with Gasteiger partial charge in [0.05, 0.1) is 33.5 Å². The van der Waals surface area contributed by atoms with Crippen molar-refractivity contribution in [1.29, 1.82) is 0 Å². The molecule has 2 fully saturated rings. The summed E-state index contributed by atoms with van der Waals surface area (Å²) in [4.78, 5) is 7.12. The van der Waals surface area contributed by atoms with Crippen LogP contribution < -0.4 is 14.8 Å². The summed E-state index contributed by atoms with van der Waals surface area (Å²) >= 11 is 0. The number of methoxy groups -OCH3 is 2. The van der Waals surface area contributed by atoms with Gasteiger partial charge in [-0.1, -0.05) is 12.1 Å². The van der Waals surface area contributed by atoms with E-state index in [0.717, 1.165) is 62.1 Å². The number of nitrogens with one attached hydrogen (secondary N) is 1. The lowest BCUT2D eigenvalue weighted by atomic mass is 10.1. The highest BCUT2D eigenvalue weighted by molar-refractivity contribution is 14.0. The fourth-order valence-corrected chi connectivity index (χ4v) is 3.65. The smallest absolute Gasteiger partial charge is 0.194 e. The molecule has 8 heteroatoms. The second kappa shape index (κ2) is 11.7. The molecule has 0 bridgehead atoms. The number of nitrogens with zero attached hydrogens (tertiary/aromatic N) is 2. The Morgan fingerprint density at radius 2 is 2.04 bits per heavy atom. The van der Waals surface area contributed by atoms with Crippen LogP contribution in [-0.4, -0.2) is 70.1 Å². The Labute approximate surface area is 184 Å². The Hall–Kier alpha value is -1.26. The van der Waals surface area contributed by atoms with Gasteiger partial charge in [-0.2, -0.15) is 0 Å².